The first-order valence-electron chi connectivity index (χ1n) is 15.3. The number of amides is 3. The second-order valence-electron chi connectivity index (χ2n) is 13.1. The molecule has 3 aromatic rings. The molecule has 2 N–H and O–H groups in total. The van der Waals surface area contributed by atoms with E-state index >= 15 is 0 Å². The van der Waals surface area contributed by atoms with Crippen LogP contribution in [0.15, 0.2) is 36.4 Å². The molecule has 0 radical (unpaired) electrons. The first-order valence-corrected chi connectivity index (χ1v) is 15.3. The number of nitrogens with one attached hydrogen (secondary N) is 2. The summed E-state index contributed by atoms with van der Waals surface area (Å²) in [6, 6.07) is 13.4. The van der Waals surface area contributed by atoms with Crippen LogP contribution in [0.4, 0.5) is 0 Å². The minimum absolute atomic E-state index is 0.0716. The highest BCUT2D eigenvalue weighted by molar-refractivity contribution is 5.95. The van der Waals surface area contributed by atoms with Gasteiger partial charge >= 0.3 is 0 Å². The Kier molecular flexibility index (Phi) is 8.76. The molecule has 1 atom stereocenters. The first-order chi connectivity index (χ1) is 21.4. The lowest BCUT2D eigenvalue weighted by Crippen LogP contribution is -2.51. The number of H-pyrrole nitrogens is 1. The standard InChI is InChI=1S/C33H41N9O3/c1-32(2,35-19-28(43)42-15-7-8-25(42)18-34)20-33(31-36-38-39-37-31)26-13-11-23(29(44)40(3)4)16-21(26)9-10-22-17-24(12-14-27(22)33)30(45)41(5)6/h11-14,16-17,25,35H,7-10,15,19-20H2,1-6H3,(H,36,37,38,39)/t25-/m0/s1. The third-order valence-corrected chi connectivity index (χ3v) is 9.00. The maximum Gasteiger partial charge on any atom is 0.253 e. The molecule has 12 nitrogen and oxygen atoms in total. The number of likely N-dealkylation sites (tertiary alicyclic amines) is 1. The smallest absolute Gasteiger partial charge is 0.253 e. The fraction of sp³-hybridized carbons (Fsp3) is 0.485. The lowest BCUT2D eigenvalue weighted by atomic mass is 9.65. The zero-order valence-corrected chi connectivity index (χ0v) is 26.8. The predicted molar refractivity (Wildman–Crippen MR) is 167 cm³/mol. The Morgan fingerprint density at radius 2 is 1.60 bits per heavy atom. The predicted octanol–water partition coefficient (Wildman–Crippen LogP) is 2.31. The average Bonchev–Trinajstić information content (AvgIpc) is 3.72. The van der Waals surface area contributed by atoms with Gasteiger partial charge < -0.3 is 20.0 Å². The van der Waals surface area contributed by atoms with Crippen molar-refractivity contribution in [3.05, 3.63) is 75.6 Å². The Morgan fingerprint density at radius 1 is 1.02 bits per heavy atom. The summed E-state index contributed by atoms with van der Waals surface area (Å²) in [5, 5.41) is 28.5. The van der Waals surface area contributed by atoms with E-state index in [2.05, 4.69) is 32.0 Å². The third kappa shape index (κ3) is 6.04. The molecule has 12 heteroatoms. The summed E-state index contributed by atoms with van der Waals surface area (Å²) in [6.07, 6.45) is 3.22. The summed E-state index contributed by atoms with van der Waals surface area (Å²) >= 11 is 0. The van der Waals surface area contributed by atoms with Gasteiger partial charge in [0.15, 0.2) is 5.82 Å². The molecule has 3 amide bonds. The molecule has 0 spiro atoms. The van der Waals surface area contributed by atoms with Gasteiger partial charge in [-0.3, -0.25) is 14.4 Å². The monoisotopic (exact) mass is 611 g/mol. The Morgan fingerprint density at radius 3 is 2.09 bits per heavy atom. The van der Waals surface area contributed by atoms with Gasteiger partial charge in [0.25, 0.3) is 11.8 Å². The lowest BCUT2D eigenvalue weighted by molar-refractivity contribution is -0.130. The van der Waals surface area contributed by atoms with Crippen molar-refractivity contribution in [3.8, 4) is 6.07 Å². The molecule has 1 aliphatic carbocycles. The number of benzene rings is 2. The van der Waals surface area contributed by atoms with Gasteiger partial charge in [0.1, 0.15) is 6.04 Å². The van der Waals surface area contributed by atoms with Crippen molar-refractivity contribution >= 4 is 17.7 Å². The summed E-state index contributed by atoms with van der Waals surface area (Å²) in [4.78, 5) is 44.0. The van der Waals surface area contributed by atoms with Gasteiger partial charge in [-0.15, -0.1) is 5.10 Å². The molecule has 0 saturated carbocycles. The zero-order valence-electron chi connectivity index (χ0n) is 26.8. The van der Waals surface area contributed by atoms with Gasteiger partial charge in [0, 0.05) is 51.4 Å². The van der Waals surface area contributed by atoms with Crippen LogP contribution in [0.5, 0.6) is 0 Å². The lowest BCUT2D eigenvalue weighted by Gasteiger charge is -2.41. The van der Waals surface area contributed by atoms with E-state index in [-0.39, 0.29) is 24.3 Å². The third-order valence-electron chi connectivity index (χ3n) is 9.00. The molecule has 5 rings (SSSR count). The molecule has 2 heterocycles. The van der Waals surface area contributed by atoms with Crippen molar-refractivity contribution in [3.63, 3.8) is 0 Å². The summed E-state index contributed by atoms with van der Waals surface area (Å²) in [7, 11) is 6.92. The number of fused-ring (bicyclic) bond motifs is 2. The highest BCUT2D eigenvalue weighted by Crippen LogP contribution is 2.48. The van der Waals surface area contributed by atoms with Crippen LogP contribution < -0.4 is 5.32 Å². The van der Waals surface area contributed by atoms with E-state index in [0.717, 1.165) is 28.7 Å². The van der Waals surface area contributed by atoms with Gasteiger partial charge in [-0.25, -0.2) is 5.10 Å². The van der Waals surface area contributed by atoms with Crippen LogP contribution in [0, 0.1) is 11.3 Å². The van der Waals surface area contributed by atoms with Crippen LogP contribution in [0.1, 0.15) is 81.9 Å². The maximum absolute atomic E-state index is 13.2. The second kappa shape index (κ2) is 12.4. The quantitative estimate of drug-likeness (QED) is 0.394. The molecule has 1 saturated heterocycles. The number of rotatable bonds is 8. The highest BCUT2D eigenvalue weighted by atomic mass is 16.2. The number of aromatic amines is 1. The van der Waals surface area contributed by atoms with Crippen molar-refractivity contribution in [2.75, 3.05) is 41.3 Å². The molecule has 0 bridgehead atoms. The molecule has 45 heavy (non-hydrogen) atoms. The number of carbonyl (C=O) groups is 3. The number of aromatic nitrogens is 4. The second-order valence-corrected chi connectivity index (χ2v) is 13.1. The van der Waals surface area contributed by atoms with E-state index in [1.807, 2.05) is 50.2 Å². The van der Waals surface area contributed by atoms with Gasteiger partial charge in [-0.1, -0.05) is 12.1 Å². The minimum Gasteiger partial charge on any atom is -0.345 e. The van der Waals surface area contributed by atoms with Crippen molar-refractivity contribution < 1.29 is 14.4 Å². The van der Waals surface area contributed by atoms with Gasteiger partial charge in [0.2, 0.25) is 5.91 Å². The Balaban J connectivity index is 1.64. The van der Waals surface area contributed by atoms with Crippen molar-refractivity contribution in [1.82, 2.24) is 40.6 Å². The van der Waals surface area contributed by atoms with Gasteiger partial charge in [-0.2, -0.15) is 5.26 Å². The molecule has 2 aliphatic rings. The van der Waals surface area contributed by atoms with Crippen LogP contribution in [0.25, 0.3) is 0 Å². The van der Waals surface area contributed by atoms with E-state index in [0.29, 0.717) is 49.2 Å². The maximum atomic E-state index is 13.2. The van der Waals surface area contributed by atoms with E-state index in [1.165, 1.54) is 0 Å². The van der Waals surface area contributed by atoms with Gasteiger partial charge in [-0.05, 0) is 103 Å². The van der Waals surface area contributed by atoms with Gasteiger partial charge in [0.05, 0.1) is 18.0 Å². The highest BCUT2D eigenvalue weighted by Gasteiger charge is 2.48. The topological polar surface area (TPSA) is 151 Å². The summed E-state index contributed by atoms with van der Waals surface area (Å²) in [5.74, 6) is 0.227. The van der Waals surface area contributed by atoms with E-state index in [4.69, 9.17) is 0 Å². The number of nitriles is 1. The number of aryl methyl sites for hydroxylation is 2. The molecular weight excluding hydrogens is 570 g/mol. The zero-order chi connectivity index (χ0) is 32.5. The molecule has 1 aromatic heterocycles. The number of hydrogen-bond acceptors (Lipinski definition) is 8. The molecular formula is C33H41N9O3. The average molecular weight is 612 g/mol. The van der Waals surface area contributed by atoms with E-state index < -0.39 is 17.0 Å². The van der Waals surface area contributed by atoms with Crippen LogP contribution >= 0.6 is 0 Å². The fourth-order valence-corrected chi connectivity index (χ4v) is 6.84. The van der Waals surface area contributed by atoms with Crippen LogP contribution in [0.2, 0.25) is 0 Å². The number of nitrogens with zero attached hydrogens (tertiary/aromatic N) is 7. The van der Waals surface area contributed by atoms with Crippen LogP contribution in [0.3, 0.4) is 0 Å². The SMILES string of the molecule is CN(C)C(=O)c1ccc2c(c1)CCc1cc(C(=O)N(C)C)ccc1C2(CC(C)(C)NCC(=O)N1CCC[C@H]1C#N)c1nnn[nH]1. The molecule has 1 fully saturated rings. The van der Waals surface area contributed by atoms with Crippen LogP contribution in [-0.2, 0) is 23.1 Å². The Bertz CT molecular complexity index is 1570. The Hall–Kier alpha value is -4.63. The largest absolute Gasteiger partial charge is 0.345 e. The summed E-state index contributed by atoms with van der Waals surface area (Å²) in [6.45, 7) is 4.73. The number of hydrogen-bond donors (Lipinski definition) is 2. The fourth-order valence-electron chi connectivity index (χ4n) is 6.84. The van der Waals surface area contributed by atoms with Crippen molar-refractivity contribution in [1.29, 1.82) is 5.26 Å². The summed E-state index contributed by atoms with van der Waals surface area (Å²) in [5.41, 5.74) is 3.47. The molecule has 236 valence electrons. The van der Waals surface area contributed by atoms with E-state index in [9.17, 15) is 19.6 Å². The summed E-state index contributed by atoms with van der Waals surface area (Å²) < 4.78 is 0. The van der Waals surface area contributed by atoms with Crippen molar-refractivity contribution in [2.24, 2.45) is 0 Å². The minimum atomic E-state index is -0.924. The van der Waals surface area contributed by atoms with Crippen molar-refractivity contribution in [2.45, 2.75) is 62.9 Å². The first kappa shape index (κ1) is 31.8. The molecule has 0 unspecified atom stereocenters. The molecule has 1 aliphatic heterocycles. The normalized spacial score (nSPS) is 17.1. The molecule has 2 aromatic carbocycles. The van der Waals surface area contributed by atoms with Crippen LogP contribution in [-0.4, -0.2) is 106 Å². The number of carbonyl (C=O) groups excluding carboxylic acids is 3. The number of tetrazole rings is 1. The van der Waals surface area contributed by atoms with E-state index in [1.54, 1.807) is 42.9 Å². The Labute approximate surface area is 263 Å².